The molecule has 1 aliphatic rings. The van der Waals surface area contributed by atoms with Crippen molar-refractivity contribution >= 4 is 11.6 Å². The van der Waals surface area contributed by atoms with Crippen molar-refractivity contribution < 1.29 is 4.79 Å². The van der Waals surface area contributed by atoms with E-state index >= 15 is 0 Å². The molecule has 0 aliphatic carbocycles. The Balaban J connectivity index is 2.33. The monoisotopic (exact) mass is 246 g/mol. The fourth-order valence-electron chi connectivity index (χ4n) is 2.39. The van der Waals surface area contributed by atoms with E-state index in [1.54, 1.807) is 0 Å². The Morgan fingerprint density at radius 2 is 2.11 bits per heavy atom. The van der Waals surface area contributed by atoms with Crippen molar-refractivity contribution in [2.45, 2.75) is 27.2 Å². The molecule has 18 heavy (non-hydrogen) atoms. The quantitative estimate of drug-likeness (QED) is 0.824. The van der Waals surface area contributed by atoms with Gasteiger partial charge in [0.2, 0.25) is 5.91 Å². The number of aryl methyl sites for hydroxylation is 2. The molecule has 0 aromatic heterocycles. The van der Waals surface area contributed by atoms with Gasteiger partial charge in [0.05, 0.1) is 0 Å². The van der Waals surface area contributed by atoms with Gasteiger partial charge in [-0.2, -0.15) is 0 Å². The molecule has 0 bridgehead atoms. The maximum atomic E-state index is 12.4. The highest BCUT2D eigenvalue weighted by Gasteiger charge is 2.24. The molecule has 1 heterocycles. The number of rotatable bonds is 1. The lowest BCUT2D eigenvalue weighted by molar-refractivity contribution is -0.122. The Kier molecular flexibility index (Phi) is 4.02. The summed E-state index contributed by atoms with van der Waals surface area (Å²) in [6, 6.07) is 6.31. The minimum atomic E-state index is 0.0465. The zero-order chi connectivity index (χ0) is 13.1. The summed E-state index contributed by atoms with van der Waals surface area (Å²) in [4.78, 5) is 14.4. The van der Waals surface area contributed by atoms with Gasteiger partial charge in [-0.1, -0.05) is 19.1 Å². The molecule has 1 aliphatic heterocycles. The smallest absolute Gasteiger partial charge is 0.231 e. The predicted octanol–water partition coefficient (Wildman–Crippen LogP) is 2.27. The SMILES string of the molecule is Cc1ccc(C)c(N2CCCNCC(C)C2=O)c1. The average Bonchev–Trinajstić information content (AvgIpc) is 2.34. The maximum absolute atomic E-state index is 12.4. The lowest BCUT2D eigenvalue weighted by Crippen LogP contribution is -2.43. The topological polar surface area (TPSA) is 32.3 Å². The van der Waals surface area contributed by atoms with Crippen LogP contribution in [-0.4, -0.2) is 25.5 Å². The van der Waals surface area contributed by atoms with Crippen LogP contribution in [0.3, 0.4) is 0 Å². The van der Waals surface area contributed by atoms with Crippen LogP contribution in [0.4, 0.5) is 5.69 Å². The third-order valence-corrected chi connectivity index (χ3v) is 3.53. The predicted molar refractivity (Wildman–Crippen MR) is 74.9 cm³/mol. The van der Waals surface area contributed by atoms with E-state index in [0.717, 1.165) is 31.7 Å². The van der Waals surface area contributed by atoms with Crippen LogP contribution in [-0.2, 0) is 4.79 Å². The first kappa shape index (κ1) is 13.1. The molecule has 3 heteroatoms. The van der Waals surface area contributed by atoms with Crippen LogP contribution in [0.2, 0.25) is 0 Å². The number of hydrogen-bond donors (Lipinski definition) is 1. The van der Waals surface area contributed by atoms with E-state index in [0.29, 0.717) is 0 Å². The second-order valence-electron chi connectivity index (χ2n) is 5.24. The zero-order valence-electron chi connectivity index (χ0n) is 11.5. The molecule has 1 aromatic rings. The Labute approximate surface area is 109 Å². The highest BCUT2D eigenvalue weighted by atomic mass is 16.2. The molecule has 1 fully saturated rings. The van der Waals surface area contributed by atoms with Crippen molar-refractivity contribution in [1.29, 1.82) is 0 Å². The molecule has 3 nitrogen and oxygen atoms in total. The van der Waals surface area contributed by atoms with Crippen molar-refractivity contribution in [3.05, 3.63) is 29.3 Å². The van der Waals surface area contributed by atoms with E-state index in [-0.39, 0.29) is 11.8 Å². The summed E-state index contributed by atoms with van der Waals surface area (Å²) in [7, 11) is 0. The molecule has 1 N–H and O–H groups in total. The lowest BCUT2D eigenvalue weighted by Gasteiger charge is -2.30. The number of hydrogen-bond acceptors (Lipinski definition) is 2. The van der Waals surface area contributed by atoms with Gasteiger partial charge in [-0.15, -0.1) is 0 Å². The Bertz CT molecular complexity index is 442. The highest BCUT2D eigenvalue weighted by Crippen LogP contribution is 2.24. The van der Waals surface area contributed by atoms with Crippen LogP contribution >= 0.6 is 0 Å². The van der Waals surface area contributed by atoms with E-state index < -0.39 is 0 Å². The van der Waals surface area contributed by atoms with Gasteiger partial charge in [-0.3, -0.25) is 4.79 Å². The Hall–Kier alpha value is -1.35. The fraction of sp³-hybridized carbons (Fsp3) is 0.533. The van der Waals surface area contributed by atoms with Crippen molar-refractivity contribution in [2.24, 2.45) is 5.92 Å². The molecule has 1 aromatic carbocycles. The molecule has 2 rings (SSSR count). The van der Waals surface area contributed by atoms with Crippen molar-refractivity contribution in [3.63, 3.8) is 0 Å². The number of amides is 1. The van der Waals surface area contributed by atoms with Gasteiger partial charge in [0.25, 0.3) is 0 Å². The summed E-state index contributed by atoms with van der Waals surface area (Å²) < 4.78 is 0. The fourth-order valence-corrected chi connectivity index (χ4v) is 2.39. The first-order valence-corrected chi connectivity index (χ1v) is 6.69. The van der Waals surface area contributed by atoms with Crippen molar-refractivity contribution in [2.75, 3.05) is 24.5 Å². The largest absolute Gasteiger partial charge is 0.316 e. The second kappa shape index (κ2) is 5.53. The lowest BCUT2D eigenvalue weighted by atomic mass is 10.0. The van der Waals surface area contributed by atoms with Crippen LogP contribution in [0.1, 0.15) is 24.5 Å². The Morgan fingerprint density at radius 3 is 2.89 bits per heavy atom. The molecule has 0 radical (unpaired) electrons. The number of carbonyl (C=O) groups is 1. The van der Waals surface area contributed by atoms with E-state index in [1.165, 1.54) is 11.1 Å². The molecular formula is C15H22N2O. The minimum absolute atomic E-state index is 0.0465. The molecule has 1 amide bonds. The summed E-state index contributed by atoms with van der Waals surface area (Å²) in [5, 5.41) is 3.32. The third kappa shape index (κ3) is 2.72. The molecule has 1 unspecified atom stereocenters. The standard InChI is InChI=1S/C15H22N2O/c1-11-5-6-12(2)14(9-11)17-8-4-7-16-10-13(3)15(17)18/h5-6,9,13,16H,4,7-8,10H2,1-3H3. The van der Waals surface area contributed by atoms with Gasteiger partial charge in [0.1, 0.15) is 0 Å². The van der Waals surface area contributed by atoms with E-state index in [2.05, 4.69) is 37.4 Å². The first-order valence-electron chi connectivity index (χ1n) is 6.69. The summed E-state index contributed by atoms with van der Waals surface area (Å²) >= 11 is 0. The van der Waals surface area contributed by atoms with Crippen LogP contribution in [0, 0.1) is 19.8 Å². The number of nitrogens with zero attached hydrogens (tertiary/aromatic N) is 1. The van der Waals surface area contributed by atoms with Gasteiger partial charge in [0.15, 0.2) is 0 Å². The van der Waals surface area contributed by atoms with Gasteiger partial charge < -0.3 is 10.2 Å². The molecule has 98 valence electrons. The number of benzene rings is 1. The molecule has 0 spiro atoms. The summed E-state index contributed by atoms with van der Waals surface area (Å²) in [6.45, 7) is 8.71. The zero-order valence-corrected chi connectivity index (χ0v) is 11.5. The van der Waals surface area contributed by atoms with Crippen LogP contribution in [0.5, 0.6) is 0 Å². The number of nitrogens with one attached hydrogen (secondary N) is 1. The normalized spacial score (nSPS) is 21.6. The van der Waals surface area contributed by atoms with Gasteiger partial charge in [-0.05, 0) is 44.0 Å². The van der Waals surface area contributed by atoms with Crippen LogP contribution < -0.4 is 10.2 Å². The maximum Gasteiger partial charge on any atom is 0.231 e. The minimum Gasteiger partial charge on any atom is -0.316 e. The van der Waals surface area contributed by atoms with Crippen LogP contribution in [0.15, 0.2) is 18.2 Å². The van der Waals surface area contributed by atoms with Crippen molar-refractivity contribution in [3.8, 4) is 0 Å². The third-order valence-electron chi connectivity index (χ3n) is 3.53. The van der Waals surface area contributed by atoms with Gasteiger partial charge in [0, 0.05) is 24.7 Å². The Morgan fingerprint density at radius 1 is 1.33 bits per heavy atom. The van der Waals surface area contributed by atoms with Crippen LogP contribution in [0.25, 0.3) is 0 Å². The summed E-state index contributed by atoms with van der Waals surface area (Å²) in [5.41, 5.74) is 3.46. The van der Waals surface area contributed by atoms with E-state index in [4.69, 9.17) is 0 Å². The van der Waals surface area contributed by atoms with E-state index in [9.17, 15) is 4.79 Å². The number of carbonyl (C=O) groups excluding carboxylic acids is 1. The molecular weight excluding hydrogens is 224 g/mol. The summed E-state index contributed by atoms with van der Waals surface area (Å²) in [5.74, 6) is 0.279. The summed E-state index contributed by atoms with van der Waals surface area (Å²) in [6.07, 6.45) is 1.01. The van der Waals surface area contributed by atoms with E-state index in [1.807, 2.05) is 11.8 Å². The highest BCUT2D eigenvalue weighted by molar-refractivity contribution is 5.95. The second-order valence-corrected chi connectivity index (χ2v) is 5.24. The molecule has 1 atom stereocenters. The van der Waals surface area contributed by atoms with Gasteiger partial charge >= 0.3 is 0 Å². The first-order chi connectivity index (χ1) is 8.59. The molecule has 0 saturated carbocycles. The van der Waals surface area contributed by atoms with Crippen molar-refractivity contribution in [1.82, 2.24) is 5.32 Å². The van der Waals surface area contributed by atoms with Gasteiger partial charge in [-0.25, -0.2) is 0 Å². The number of anilines is 1. The molecule has 1 saturated heterocycles. The average molecular weight is 246 g/mol.